The Morgan fingerprint density at radius 1 is 1.00 bits per heavy atom. The van der Waals surface area contributed by atoms with Crippen LogP contribution in [0.5, 0.6) is 0 Å². The summed E-state index contributed by atoms with van der Waals surface area (Å²) >= 11 is 6.17. The van der Waals surface area contributed by atoms with E-state index >= 15 is 0 Å². The van der Waals surface area contributed by atoms with Gasteiger partial charge in [-0.25, -0.2) is 0 Å². The summed E-state index contributed by atoms with van der Waals surface area (Å²) in [7, 11) is 0. The number of nitrogens with zero attached hydrogens (tertiary/aromatic N) is 1. The third-order valence-electron chi connectivity index (χ3n) is 6.27. The molecule has 3 unspecified atom stereocenters. The molecule has 0 amide bonds. The van der Waals surface area contributed by atoms with Crippen molar-refractivity contribution < 1.29 is 0 Å². The number of rotatable bonds is 2. The molecule has 1 aromatic heterocycles. The van der Waals surface area contributed by atoms with E-state index in [4.69, 9.17) is 16.6 Å². The van der Waals surface area contributed by atoms with Crippen LogP contribution >= 0.6 is 11.6 Å². The molecule has 5 rings (SSSR count). The largest absolute Gasteiger partial charge is 0.256 e. The molecule has 2 aromatic carbocycles. The second-order valence-electron chi connectivity index (χ2n) is 7.94. The molecule has 3 atom stereocenters. The van der Waals surface area contributed by atoms with Gasteiger partial charge in [-0.05, 0) is 85.2 Å². The molecule has 2 fully saturated rings. The average molecular weight is 348 g/mol. The quantitative estimate of drug-likeness (QED) is 0.498. The number of halogens is 1. The highest BCUT2D eigenvalue weighted by molar-refractivity contribution is 6.31. The minimum Gasteiger partial charge on any atom is -0.256 e. The molecular formula is C23H22ClN. The Bertz CT molecular complexity index is 961. The fraction of sp³-hybridized carbons (Fsp3) is 0.348. The monoisotopic (exact) mass is 347 g/mol. The van der Waals surface area contributed by atoms with Crippen LogP contribution in [0.1, 0.15) is 42.7 Å². The van der Waals surface area contributed by atoms with Crippen molar-refractivity contribution in [2.24, 2.45) is 11.8 Å². The van der Waals surface area contributed by atoms with Gasteiger partial charge in [-0.15, -0.1) is 0 Å². The Hall–Kier alpha value is -1.86. The highest BCUT2D eigenvalue weighted by Gasteiger charge is 2.40. The number of hydrogen-bond donors (Lipinski definition) is 0. The first-order valence-corrected chi connectivity index (χ1v) is 9.71. The smallest absolute Gasteiger partial charge is 0.0780 e. The molecule has 2 bridgehead atoms. The fourth-order valence-electron chi connectivity index (χ4n) is 5.20. The molecule has 25 heavy (non-hydrogen) atoms. The topological polar surface area (TPSA) is 12.9 Å². The molecule has 0 saturated heterocycles. The maximum absolute atomic E-state index is 6.17. The van der Waals surface area contributed by atoms with Gasteiger partial charge in [0, 0.05) is 22.2 Å². The standard InChI is InChI=1S/C23H22ClN/c1-14-8-18(22-11-15-2-3-16(22)10-15)12-19(9-14)23-21-5-4-20(24)13-17(21)6-7-25-23/h4-9,12-13,15-16,22H,2-3,10-11H2,1H3. The van der Waals surface area contributed by atoms with Gasteiger partial charge in [-0.3, -0.25) is 4.98 Å². The lowest BCUT2D eigenvalue weighted by Gasteiger charge is -2.23. The highest BCUT2D eigenvalue weighted by Crippen LogP contribution is 2.53. The average Bonchev–Trinajstić information content (AvgIpc) is 3.23. The van der Waals surface area contributed by atoms with Crippen LogP contribution in [0.2, 0.25) is 5.02 Å². The lowest BCUT2D eigenvalue weighted by Crippen LogP contribution is -2.08. The first-order chi connectivity index (χ1) is 12.2. The fourth-order valence-corrected chi connectivity index (χ4v) is 5.38. The summed E-state index contributed by atoms with van der Waals surface area (Å²) in [4.78, 5) is 4.72. The lowest BCUT2D eigenvalue weighted by atomic mass is 9.82. The molecule has 2 aliphatic rings. The summed E-state index contributed by atoms with van der Waals surface area (Å²) < 4.78 is 0. The molecular weight excluding hydrogens is 326 g/mol. The Kier molecular flexibility index (Phi) is 3.60. The number of benzene rings is 2. The van der Waals surface area contributed by atoms with Crippen molar-refractivity contribution in [1.82, 2.24) is 4.98 Å². The van der Waals surface area contributed by atoms with Crippen LogP contribution in [0.3, 0.4) is 0 Å². The molecule has 0 radical (unpaired) electrons. The Labute approximate surface area is 154 Å². The van der Waals surface area contributed by atoms with E-state index in [0.29, 0.717) is 0 Å². The molecule has 1 nitrogen and oxygen atoms in total. The van der Waals surface area contributed by atoms with E-state index in [0.717, 1.165) is 33.9 Å². The van der Waals surface area contributed by atoms with Crippen LogP contribution in [0.15, 0.2) is 48.7 Å². The van der Waals surface area contributed by atoms with Gasteiger partial charge in [0.1, 0.15) is 0 Å². The van der Waals surface area contributed by atoms with Gasteiger partial charge in [0.2, 0.25) is 0 Å². The first kappa shape index (κ1) is 15.4. The number of pyridine rings is 1. The zero-order chi connectivity index (χ0) is 17.0. The summed E-state index contributed by atoms with van der Waals surface area (Å²) in [6.07, 6.45) is 7.59. The van der Waals surface area contributed by atoms with Crippen molar-refractivity contribution in [1.29, 1.82) is 0 Å². The van der Waals surface area contributed by atoms with E-state index in [1.807, 2.05) is 24.4 Å². The van der Waals surface area contributed by atoms with Crippen LogP contribution in [-0.4, -0.2) is 4.98 Å². The van der Waals surface area contributed by atoms with Crippen LogP contribution in [0.25, 0.3) is 22.0 Å². The van der Waals surface area contributed by atoms with Crippen LogP contribution < -0.4 is 0 Å². The predicted octanol–water partition coefficient (Wildman–Crippen LogP) is 6.77. The first-order valence-electron chi connectivity index (χ1n) is 9.33. The Morgan fingerprint density at radius 2 is 1.92 bits per heavy atom. The summed E-state index contributed by atoms with van der Waals surface area (Å²) in [6, 6.07) is 15.2. The molecule has 1 heterocycles. The lowest BCUT2D eigenvalue weighted by molar-refractivity contribution is 0.420. The van der Waals surface area contributed by atoms with E-state index < -0.39 is 0 Å². The van der Waals surface area contributed by atoms with Crippen LogP contribution in [-0.2, 0) is 0 Å². The molecule has 2 heteroatoms. The third-order valence-corrected chi connectivity index (χ3v) is 6.50. The van der Waals surface area contributed by atoms with Crippen molar-refractivity contribution >= 4 is 22.4 Å². The van der Waals surface area contributed by atoms with Gasteiger partial charge in [-0.1, -0.05) is 35.7 Å². The number of aromatic nitrogens is 1. The summed E-state index contributed by atoms with van der Waals surface area (Å²) in [5.74, 6) is 2.62. The normalized spacial score (nSPS) is 25.0. The zero-order valence-electron chi connectivity index (χ0n) is 14.5. The molecule has 0 N–H and O–H groups in total. The van der Waals surface area contributed by atoms with Gasteiger partial charge in [-0.2, -0.15) is 0 Å². The van der Waals surface area contributed by atoms with Crippen molar-refractivity contribution in [3.63, 3.8) is 0 Å². The molecule has 0 aliphatic heterocycles. The molecule has 3 aromatic rings. The number of fused-ring (bicyclic) bond motifs is 3. The van der Waals surface area contributed by atoms with Crippen LogP contribution in [0, 0.1) is 18.8 Å². The second-order valence-corrected chi connectivity index (χ2v) is 8.38. The maximum atomic E-state index is 6.17. The van der Waals surface area contributed by atoms with Crippen LogP contribution in [0.4, 0.5) is 0 Å². The molecule has 126 valence electrons. The van der Waals surface area contributed by atoms with E-state index in [-0.39, 0.29) is 0 Å². The van der Waals surface area contributed by atoms with E-state index in [9.17, 15) is 0 Å². The van der Waals surface area contributed by atoms with Gasteiger partial charge < -0.3 is 0 Å². The number of aryl methyl sites for hydroxylation is 1. The predicted molar refractivity (Wildman–Crippen MR) is 105 cm³/mol. The van der Waals surface area contributed by atoms with Crippen molar-refractivity contribution in [2.75, 3.05) is 0 Å². The minimum atomic E-state index is 0.752. The van der Waals surface area contributed by atoms with E-state index in [1.54, 1.807) is 0 Å². The molecule has 2 aliphatic carbocycles. The minimum absolute atomic E-state index is 0.752. The summed E-state index contributed by atoms with van der Waals surface area (Å²) in [5, 5.41) is 3.11. The maximum Gasteiger partial charge on any atom is 0.0780 e. The van der Waals surface area contributed by atoms with Crippen molar-refractivity contribution in [2.45, 2.75) is 38.5 Å². The van der Waals surface area contributed by atoms with Gasteiger partial charge in [0.25, 0.3) is 0 Å². The Morgan fingerprint density at radius 3 is 2.72 bits per heavy atom. The summed E-state index contributed by atoms with van der Waals surface area (Å²) in [6.45, 7) is 2.21. The second kappa shape index (κ2) is 5.85. The van der Waals surface area contributed by atoms with E-state index in [2.05, 4.69) is 31.2 Å². The number of hydrogen-bond acceptors (Lipinski definition) is 1. The zero-order valence-corrected chi connectivity index (χ0v) is 15.3. The van der Waals surface area contributed by atoms with Gasteiger partial charge in [0.15, 0.2) is 0 Å². The third kappa shape index (κ3) is 2.66. The Balaban J connectivity index is 1.63. The molecule has 0 spiro atoms. The highest BCUT2D eigenvalue weighted by atomic mass is 35.5. The SMILES string of the molecule is Cc1cc(-c2nccc3cc(Cl)ccc23)cc(C2CC3CCC2C3)c1. The molecule has 2 saturated carbocycles. The summed E-state index contributed by atoms with van der Waals surface area (Å²) in [5.41, 5.74) is 5.17. The van der Waals surface area contributed by atoms with E-state index in [1.165, 1.54) is 47.8 Å². The van der Waals surface area contributed by atoms with Crippen molar-refractivity contribution in [3.8, 4) is 11.3 Å². The van der Waals surface area contributed by atoms with Gasteiger partial charge >= 0.3 is 0 Å². The van der Waals surface area contributed by atoms with Gasteiger partial charge in [0.05, 0.1) is 5.69 Å². The van der Waals surface area contributed by atoms with Crippen molar-refractivity contribution in [3.05, 3.63) is 64.8 Å².